The molecule has 4 rings (SSSR count). The highest BCUT2D eigenvalue weighted by molar-refractivity contribution is 7.80. The van der Waals surface area contributed by atoms with E-state index < -0.39 is 0 Å². The van der Waals surface area contributed by atoms with Gasteiger partial charge in [0.05, 0.1) is 6.04 Å². The molecule has 1 N–H and O–H groups in total. The van der Waals surface area contributed by atoms with Crippen molar-refractivity contribution in [2.24, 2.45) is 0 Å². The molecule has 1 aliphatic carbocycles. The summed E-state index contributed by atoms with van der Waals surface area (Å²) in [6.45, 7) is 4.05. The molecule has 1 aliphatic heterocycles. The Labute approximate surface area is 168 Å². The molecule has 2 aromatic carbocycles. The van der Waals surface area contributed by atoms with Crippen LogP contribution in [0.5, 0.6) is 0 Å². The van der Waals surface area contributed by atoms with Gasteiger partial charge in [0, 0.05) is 32.2 Å². The van der Waals surface area contributed by atoms with Gasteiger partial charge in [0.25, 0.3) is 0 Å². The number of rotatable bonds is 4. The fraction of sp³-hybridized carbons (Fsp3) is 0.435. The molecular formula is C23H29N3S. The average Bonchev–Trinajstić information content (AvgIpc) is 3.23. The predicted molar refractivity (Wildman–Crippen MR) is 116 cm³/mol. The fourth-order valence-electron chi connectivity index (χ4n) is 4.40. The van der Waals surface area contributed by atoms with Crippen molar-refractivity contribution >= 4 is 17.3 Å². The van der Waals surface area contributed by atoms with Crippen LogP contribution in [0.4, 0.5) is 0 Å². The minimum atomic E-state index is 0.311. The molecule has 0 spiro atoms. The second kappa shape index (κ2) is 8.85. The third-order valence-electron chi connectivity index (χ3n) is 5.88. The summed E-state index contributed by atoms with van der Waals surface area (Å²) in [5, 5.41) is 4.55. The monoisotopic (exact) mass is 379 g/mol. The van der Waals surface area contributed by atoms with Crippen molar-refractivity contribution in [3.8, 4) is 0 Å². The Kier molecular flexibility index (Phi) is 6.05. The number of nitrogens with one attached hydrogen (secondary N) is 1. The second-order valence-corrected chi connectivity index (χ2v) is 8.06. The van der Waals surface area contributed by atoms with Crippen molar-refractivity contribution < 1.29 is 0 Å². The maximum absolute atomic E-state index is 5.70. The Morgan fingerprint density at radius 1 is 0.815 bits per heavy atom. The third-order valence-corrected chi connectivity index (χ3v) is 6.26. The van der Waals surface area contributed by atoms with E-state index in [-0.39, 0.29) is 0 Å². The van der Waals surface area contributed by atoms with E-state index in [9.17, 15) is 0 Å². The normalized spacial score (nSPS) is 18.8. The minimum absolute atomic E-state index is 0.311. The first-order valence-electron chi connectivity index (χ1n) is 10.2. The van der Waals surface area contributed by atoms with E-state index in [1.54, 1.807) is 0 Å². The Morgan fingerprint density at radius 2 is 1.33 bits per heavy atom. The summed E-state index contributed by atoms with van der Waals surface area (Å²) >= 11 is 5.70. The van der Waals surface area contributed by atoms with Gasteiger partial charge in [0.2, 0.25) is 0 Å². The van der Waals surface area contributed by atoms with E-state index in [1.165, 1.54) is 36.8 Å². The van der Waals surface area contributed by atoms with Gasteiger partial charge in [-0.3, -0.25) is 4.90 Å². The van der Waals surface area contributed by atoms with Gasteiger partial charge in [-0.1, -0.05) is 73.5 Å². The molecule has 2 fully saturated rings. The minimum Gasteiger partial charge on any atom is -0.360 e. The largest absolute Gasteiger partial charge is 0.360 e. The zero-order valence-corrected chi connectivity index (χ0v) is 16.7. The van der Waals surface area contributed by atoms with Crippen molar-refractivity contribution in [3.05, 3.63) is 71.8 Å². The lowest BCUT2D eigenvalue weighted by molar-refractivity contribution is 0.149. The molecule has 27 heavy (non-hydrogen) atoms. The zero-order valence-electron chi connectivity index (χ0n) is 15.9. The fourth-order valence-corrected chi connectivity index (χ4v) is 4.75. The molecule has 1 saturated heterocycles. The predicted octanol–water partition coefficient (Wildman–Crippen LogP) is 4.21. The molecule has 142 valence electrons. The summed E-state index contributed by atoms with van der Waals surface area (Å²) in [5.41, 5.74) is 2.73. The number of thiocarbonyl (C=S) groups is 1. The van der Waals surface area contributed by atoms with Crippen molar-refractivity contribution in [2.75, 3.05) is 26.2 Å². The molecule has 3 nitrogen and oxygen atoms in total. The topological polar surface area (TPSA) is 18.5 Å². The van der Waals surface area contributed by atoms with E-state index in [2.05, 4.69) is 75.8 Å². The molecule has 1 heterocycles. The van der Waals surface area contributed by atoms with Crippen LogP contribution < -0.4 is 5.32 Å². The van der Waals surface area contributed by atoms with Gasteiger partial charge in [-0.25, -0.2) is 0 Å². The van der Waals surface area contributed by atoms with Gasteiger partial charge < -0.3 is 10.2 Å². The average molecular weight is 380 g/mol. The Morgan fingerprint density at radius 3 is 1.85 bits per heavy atom. The summed E-state index contributed by atoms with van der Waals surface area (Å²) < 4.78 is 0. The molecule has 0 radical (unpaired) electrons. The van der Waals surface area contributed by atoms with Crippen LogP contribution in [0, 0.1) is 0 Å². The summed E-state index contributed by atoms with van der Waals surface area (Å²) in [4.78, 5) is 4.95. The number of benzene rings is 2. The Bertz CT molecular complexity index is 680. The smallest absolute Gasteiger partial charge is 0.169 e. The number of piperazine rings is 1. The maximum atomic E-state index is 5.70. The van der Waals surface area contributed by atoms with Crippen LogP contribution >= 0.6 is 12.2 Å². The van der Waals surface area contributed by atoms with Crippen LogP contribution in [-0.2, 0) is 0 Å². The van der Waals surface area contributed by atoms with Crippen LogP contribution in [0.15, 0.2) is 60.7 Å². The lowest BCUT2D eigenvalue weighted by atomic mass is 9.96. The molecular weight excluding hydrogens is 350 g/mol. The van der Waals surface area contributed by atoms with E-state index >= 15 is 0 Å². The van der Waals surface area contributed by atoms with Crippen LogP contribution in [0.3, 0.4) is 0 Å². The summed E-state index contributed by atoms with van der Waals surface area (Å²) in [7, 11) is 0. The standard InChI is InChI=1S/C23H29N3S/c27-23(24-21-13-7-8-14-21)26-17-15-25(16-18-26)22(19-9-3-1-4-10-19)20-11-5-2-6-12-20/h1-6,9-12,21-22H,7-8,13-18H2,(H,24,27). The van der Waals surface area contributed by atoms with Gasteiger partial charge in [0.15, 0.2) is 5.11 Å². The summed E-state index contributed by atoms with van der Waals surface area (Å²) in [6.07, 6.45) is 5.21. The Hall–Kier alpha value is -1.91. The van der Waals surface area contributed by atoms with Crippen molar-refractivity contribution in [2.45, 2.75) is 37.8 Å². The van der Waals surface area contributed by atoms with Gasteiger partial charge in [-0.05, 0) is 36.2 Å². The highest BCUT2D eigenvalue weighted by Crippen LogP contribution is 2.29. The summed E-state index contributed by atoms with van der Waals surface area (Å²) in [6, 6.07) is 22.6. The quantitative estimate of drug-likeness (QED) is 0.802. The first kappa shape index (κ1) is 18.5. The lowest BCUT2D eigenvalue weighted by Gasteiger charge is -2.41. The highest BCUT2D eigenvalue weighted by atomic mass is 32.1. The number of hydrogen-bond donors (Lipinski definition) is 1. The first-order chi connectivity index (χ1) is 13.3. The molecule has 0 unspecified atom stereocenters. The second-order valence-electron chi connectivity index (χ2n) is 7.68. The molecule has 1 saturated carbocycles. The molecule has 0 bridgehead atoms. The molecule has 2 aliphatic rings. The molecule has 2 aromatic rings. The summed E-state index contributed by atoms with van der Waals surface area (Å²) in [5.74, 6) is 0. The van der Waals surface area contributed by atoms with Crippen LogP contribution in [0.1, 0.15) is 42.9 Å². The van der Waals surface area contributed by atoms with Gasteiger partial charge in [-0.2, -0.15) is 0 Å². The van der Waals surface area contributed by atoms with E-state index in [1.807, 2.05) is 0 Å². The van der Waals surface area contributed by atoms with Crippen molar-refractivity contribution in [1.82, 2.24) is 15.1 Å². The van der Waals surface area contributed by atoms with Crippen LogP contribution in [0.25, 0.3) is 0 Å². The van der Waals surface area contributed by atoms with Crippen LogP contribution in [-0.4, -0.2) is 47.1 Å². The number of nitrogens with zero attached hydrogens (tertiary/aromatic N) is 2. The third kappa shape index (κ3) is 4.50. The Balaban J connectivity index is 1.43. The van der Waals surface area contributed by atoms with Crippen molar-refractivity contribution in [3.63, 3.8) is 0 Å². The van der Waals surface area contributed by atoms with Gasteiger partial charge in [-0.15, -0.1) is 0 Å². The molecule has 0 amide bonds. The SMILES string of the molecule is S=C(NC1CCCC1)N1CCN(C(c2ccccc2)c2ccccc2)CC1. The molecule has 4 heteroatoms. The lowest BCUT2D eigenvalue weighted by Crippen LogP contribution is -2.53. The van der Waals surface area contributed by atoms with Gasteiger partial charge in [0.1, 0.15) is 0 Å². The molecule has 0 aromatic heterocycles. The van der Waals surface area contributed by atoms with E-state index in [0.29, 0.717) is 12.1 Å². The maximum Gasteiger partial charge on any atom is 0.169 e. The van der Waals surface area contributed by atoms with Crippen molar-refractivity contribution in [1.29, 1.82) is 0 Å². The number of hydrogen-bond acceptors (Lipinski definition) is 2. The van der Waals surface area contributed by atoms with E-state index in [4.69, 9.17) is 12.2 Å². The zero-order chi connectivity index (χ0) is 18.5. The highest BCUT2D eigenvalue weighted by Gasteiger charge is 2.28. The van der Waals surface area contributed by atoms with Crippen LogP contribution in [0.2, 0.25) is 0 Å². The van der Waals surface area contributed by atoms with Gasteiger partial charge >= 0.3 is 0 Å². The molecule has 0 atom stereocenters. The van der Waals surface area contributed by atoms with E-state index in [0.717, 1.165) is 31.3 Å². The first-order valence-corrected chi connectivity index (χ1v) is 10.6.